The highest BCUT2D eigenvalue weighted by molar-refractivity contribution is 6.31. The van der Waals surface area contributed by atoms with E-state index in [0.717, 1.165) is 5.56 Å². The molecular formula is C18H20ClF3N2O. The highest BCUT2D eigenvalue weighted by atomic mass is 35.5. The quantitative estimate of drug-likeness (QED) is 0.596. The molecule has 0 saturated carbocycles. The Labute approximate surface area is 149 Å². The van der Waals surface area contributed by atoms with Crippen LogP contribution in [0, 0.1) is 6.92 Å². The van der Waals surface area contributed by atoms with E-state index in [4.69, 9.17) is 11.6 Å². The monoisotopic (exact) mass is 372 g/mol. The Kier molecular flexibility index (Phi) is 6.27. The summed E-state index contributed by atoms with van der Waals surface area (Å²) in [6.45, 7) is 3.05. The van der Waals surface area contributed by atoms with Gasteiger partial charge < -0.3 is 4.57 Å². The SMILES string of the molecule is Cc1ncc(C(=O)CCCc2ccccc2Cl)n1C(C)CC(F)(F)F. The summed E-state index contributed by atoms with van der Waals surface area (Å²) in [4.78, 5) is 16.5. The summed E-state index contributed by atoms with van der Waals surface area (Å²) in [6, 6.07) is 6.52. The molecule has 25 heavy (non-hydrogen) atoms. The van der Waals surface area contributed by atoms with E-state index in [-0.39, 0.29) is 17.9 Å². The van der Waals surface area contributed by atoms with Crippen LogP contribution in [0.1, 0.15) is 54.1 Å². The number of aryl methyl sites for hydroxylation is 2. The third kappa shape index (κ3) is 5.33. The molecule has 1 aromatic carbocycles. The third-order valence-corrected chi connectivity index (χ3v) is 4.41. The Bertz CT molecular complexity index is 740. The maximum absolute atomic E-state index is 12.7. The topological polar surface area (TPSA) is 34.9 Å². The lowest BCUT2D eigenvalue weighted by molar-refractivity contribution is -0.141. The van der Waals surface area contributed by atoms with Gasteiger partial charge in [-0.2, -0.15) is 13.2 Å². The average Bonchev–Trinajstić information content (AvgIpc) is 2.89. The first-order valence-electron chi connectivity index (χ1n) is 8.06. The van der Waals surface area contributed by atoms with Gasteiger partial charge in [0.1, 0.15) is 11.5 Å². The zero-order valence-corrected chi connectivity index (χ0v) is 14.9. The van der Waals surface area contributed by atoms with Crippen molar-refractivity contribution in [3.05, 3.63) is 52.6 Å². The van der Waals surface area contributed by atoms with E-state index in [1.807, 2.05) is 18.2 Å². The van der Waals surface area contributed by atoms with Gasteiger partial charge in [0.05, 0.1) is 12.6 Å². The summed E-state index contributed by atoms with van der Waals surface area (Å²) in [7, 11) is 0. The minimum absolute atomic E-state index is 0.207. The fraction of sp³-hybridized carbons (Fsp3) is 0.444. The lowest BCUT2D eigenvalue weighted by Gasteiger charge is -2.19. The first-order chi connectivity index (χ1) is 11.7. The second kappa shape index (κ2) is 8.04. The maximum atomic E-state index is 12.7. The second-order valence-electron chi connectivity index (χ2n) is 6.10. The van der Waals surface area contributed by atoms with Crippen molar-refractivity contribution in [3.63, 3.8) is 0 Å². The number of imidazole rings is 1. The number of benzene rings is 1. The minimum atomic E-state index is -4.29. The maximum Gasteiger partial charge on any atom is 0.391 e. The van der Waals surface area contributed by atoms with Crippen molar-refractivity contribution in [2.45, 2.75) is 51.7 Å². The molecule has 1 unspecified atom stereocenters. The van der Waals surface area contributed by atoms with E-state index in [2.05, 4.69) is 4.98 Å². The van der Waals surface area contributed by atoms with Crippen molar-refractivity contribution in [1.82, 2.24) is 9.55 Å². The standard InChI is InChI=1S/C18H20ClF3N2O/c1-12(10-18(20,21)22)24-13(2)23-11-16(24)17(25)9-5-7-14-6-3-4-8-15(14)19/h3-4,6,8,11-12H,5,7,9-10H2,1-2H3. The highest BCUT2D eigenvalue weighted by Gasteiger charge is 2.32. The molecule has 0 N–H and O–H groups in total. The van der Waals surface area contributed by atoms with E-state index >= 15 is 0 Å². The van der Waals surface area contributed by atoms with Crippen molar-refractivity contribution >= 4 is 17.4 Å². The van der Waals surface area contributed by atoms with Gasteiger partial charge >= 0.3 is 6.18 Å². The lowest BCUT2D eigenvalue weighted by atomic mass is 10.1. The van der Waals surface area contributed by atoms with Gasteiger partial charge in [0.25, 0.3) is 0 Å². The van der Waals surface area contributed by atoms with Crippen LogP contribution in [0.5, 0.6) is 0 Å². The molecule has 0 radical (unpaired) electrons. The number of rotatable bonds is 7. The van der Waals surface area contributed by atoms with Crippen LogP contribution in [-0.2, 0) is 6.42 Å². The Morgan fingerprint density at radius 2 is 2.00 bits per heavy atom. The Morgan fingerprint density at radius 1 is 1.32 bits per heavy atom. The van der Waals surface area contributed by atoms with Crippen molar-refractivity contribution in [1.29, 1.82) is 0 Å². The number of Topliss-reactive ketones (excluding diaryl/α,β-unsaturated/α-hetero) is 1. The number of nitrogens with zero attached hydrogens (tertiary/aromatic N) is 2. The highest BCUT2D eigenvalue weighted by Crippen LogP contribution is 2.29. The molecule has 0 aliphatic rings. The summed E-state index contributed by atoms with van der Waals surface area (Å²) in [5.41, 5.74) is 1.18. The van der Waals surface area contributed by atoms with Crippen molar-refractivity contribution in [2.24, 2.45) is 0 Å². The number of hydrogen-bond donors (Lipinski definition) is 0. The molecule has 1 atom stereocenters. The molecule has 0 bridgehead atoms. The van der Waals surface area contributed by atoms with Gasteiger partial charge in [-0.15, -0.1) is 0 Å². The molecule has 1 aromatic heterocycles. The molecule has 3 nitrogen and oxygen atoms in total. The smallest absolute Gasteiger partial charge is 0.323 e. The average molecular weight is 373 g/mol. The normalized spacial score (nSPS) is 13.0. The van der Waals surface area contributed by atoms with Gasteiger partial charge in [-0.05, 0) is 38.3 Å². The molecule has 0 fully saturated rings. The first-order valence-corrected chi connectivity index (χ1v) is 8.44. The predicted octanol–water partition coefficient (Wildman–Crippen LogP) is 5.56. The van der Waals surface area contributed by atoms with Gasteiger partial charge in [0.2, 0.25) is 0 Å². The lowest BCUT2D eigenvalue weighted by Crippen LogP contribution is -2.20. The van der Waals surface area contributed by atoms with Gasteiger partial charge in [0, 0.05) is 17.5 Å². The van der Waals surface area contributed by atoms with E-state index in [0.29, 0.717) is 23.7 Å². The van der Waals surface area contributed by atoms with Gasteiger partial charge in [-0.1, -0.05) is 29.8 Å². The number of halogens is 4. The zero-order valence-electron chi connectivity index (χ0n) is 14.1. The van der Waals surface area contributed by atoms with Gasteiger partial charge in [0.15, 0.2) is 5.78 Å². The summed E-state index contributed by atoms with van der Waals surface area (Å²) in [5.74, 6) is 0.202. The van der Waals surface area contributed by atoms with Crippen LogP contribution in [-0.4, -0.2) is 21.5 Å². The number of alkyl halides is 3. The Morgan fingerprint density at radius 3 is 2.64 bits per heavy atom. The van der Waals surface area contributed by atoms with E-state index in [1.165, 1.54) is 17.7 Å². The van der Waals surface area contributed by atoms with Gasteiger partial charge in [-0.25, -0.2) is 4.98 Å². The second-order valence-corrected chi connectivity index (χ2v) is 6.50. The van der Waals surface area contributed by atoms with E-state index < -0.39 is 18.6 Å². The third-order valence-electron chi connectivity index (χ3n) is 4.04. The molecule has 0 spiro atoms. The zero-order chi connectivity index (χ0) is 18.6. The number of carbonyl (C=O) groups is 1. The van der Waals surface area contributed by atoms with Crippen LogP contribution in [0.15, 0.2) is 30.5 Å². The largest absolute Gasteiger partial charge is 0.391 e. The van der Waals surface area contributed by atoms with Crippen LogP contribution in [0.4, 0.5) is 13.2 Å². The fourth-order valence-electron chi connectivity index (χ4n) is 2.91. The van der Waals surface area contributed by atoms with Crippen LogP contribution in [0.3, 0.4) is 0 Å². The molecule has 136 valence electrons. The van der Waals surface area contributed by atoms with Crippen LogP contribution < -0.4 is 0 Å². The molecular weight excluding hydrogens is 353 g/mol. The number of hydrogen-bond acceptors (Lipinski definition) is 2. The minimum Gasteiger partial charge on any atom is -0.323 e. The Balaban J connectivity index is 2.04. The molecule has 0 aliphatic carbocycles. The summed E-state index contributed by atoms with van der Waals surface area (Å²) in [5, 5.41) is 0.648. The van der Waals surface area contributed by atoms with Crippen molar-refractivity contribution < 1.29 is 18.0 Å². The summed E-state index contributed by atoms with van der Waals surface area (Å²) in [6.07, 6.45) is -2.49. The Hall–Kier alpha value is -1.82. The van der Waals surface area contributed by atoms with Gasteiger partial charge in [-0.3, -0.25) is 4.79 Å². The molecule has 1 heterocycles. The van der Waals surface area contributed by atoms with Crippen LogP contribution in [0.2, 0.25) is 5.02 Å². The molecule has 0 saturated heterocycles. The van der Waals surface area contributed by atoms with E-state index in [1.54, 1.807) is 13.0 Å². The molecule has 0 amide bonds. The molecule has 2 aromatic rings. The molecule has 7 heteroatoms. The fourth-order valence-corrected chi connectivity index (χ4v) is 3.14. The molecule has 2 rings (SSSR count). The van der Waals surface area contributed by atoms with Crippen molar-refractivity contribution in [2.75, 3.05) is 0 Å². The van der Waals surface area contributed by atoms with Crippen molar-refractivity contribution in [3.8, 4) is 0 Å². The predicted molar refractivity (Wildman–Crippen MR) is 91.1 cm³/mol. The van der Waals surface area contributed by atoms with Crippen LogP contribution in [0.25, 0.3) is 0 Å². The van der Waals surface area contributed by atoms with Crippen LogP contribution >= 0.6 is 11.6 Å². The number of aromatic nitrogens is 2. The number of ketones is 1. The molecule has 0 aliphatic heterocycles. The number of carbonyl (C=O) groups excluding carboxylic acids is 1. The van der Waals surface area contributed by atoms with E-state index in [9.17, 15) is 18.0 Å². The summed E-state index contributed by atoms with van der Waals surface area (Å²) < 4.78 is 39.4. The summed E-state index contributed by atoms with van der Waals surface area (Å²) >= 11 is 6.08. The first kappa shape index (κ1) is 19.5.